The fourth-order valence-electron chi connectivity index (χ4n) is 6.67. The molecule has 2 N–H and O–H groups in total. The Morgan fingerprint density at radius 2 is 1.35 bits per heavy atom. The first kappa shape index (κ1) is 24.5. The standard InChI is InChI=1S/C32H21BrN2O5/c33-32-22-10-4-1-7-19(22)25(20-8-2-5-11-23(20)32)26-27(32)30(38)35(29(26)37)18-15-13-17(14-16-18)28(36)34-24-12-6-3-9-21(24)31(39)40/h1-16,25-27H,(H,34,36)(H,39,40)/t25?,26-,27+,32?/m0/s1. The first-order valence-electron chi connectivity index (χ1n) is 12.8. The van der Waals surface area contributed by atoms with Crippen LogP contribution in [0.15, 0.2) is 97.1 Å². The maximum Gasteiger partial charge on any atom is 0.337 e. The monoisotopic (exact) mass is 592 g/mol. The highest BCUT2D eigenvalue weighted by Gasteiger charge is 2.67. The summed E-state index contributed by atoms with van der Waals surface area (Å²) in [6.45, 7) is 0. The molecule has 7 nitrogen and oxygen atoms in total. The smallest absolute Gasteiger partial charge is 0.337 e. The van der Waals surface area contributed by atoms with Crippen molar-refractivity contribution in [3.8, 4) is 0 Å². The molecule has 4 aliphatic rings. The molecule has 3 aliphatic carbocycles. The van der Waals surface area contributed by atoms with Gasteiger partial charge in [-0.3, -0.25) is 14.4 Å². The number of alkyl halides is 1. The Hall–Kier alpha value is -4.56. The van der Waals surface area contributed by atoms with Crippen LogP contribution in [0.4, 0.5) is 11.4 Å². The zero-order valence-corrected chi connectivity index (χ0v) is 22.5. The molecular weight excluding hydrogens is 572 g/mol. The van der Waals surface area contributed by atoms with Crippen LogP contribution in [0.5, 0.6) is 0 Å². The van der Waals surface area contributed by atoms with E-state index in [1.54, 1.807) is 24.3 Å². The van der Waals surface area contributed by atoms with E-state index in [1.807, 2.05) is 48.5 Å². The van der Waals surface area contributed by atoms with Gasteiger partial charge in [0.1, 0.15) is 0 Å². The number of para-hydroxylation sites is 1. The summed E-state index contributed by atoms with van der Waals surface area (Å²) >= 11 is 3.99. The summed E-state index contributed by atoms with van der Waals surface area (Å²) < 4.78 is -0.835. The second-order valence-corrected chi connectivity index (χ2v) is 11.5. The molecule has 0 radical (unpaired) electrons. The summed E-state index contributed by atoms with van der Waals surface area (Å²) in [6.07, 6.45) is 0. The number of carboxylic acid groups (broad SMARTS) is 1. The van der Waals surface area contributed by atoms with Crippen LogP contribution in [0.25, 0.3) is 0 Å². The van der Waals surface area contributed by atoms with Gasteiger partial charge in [0.15, 0.2) is 0 Å². The van der Waals surface area contributed by atoms with Crippen molar-refractivity contribution in [3.05, 3.63) is 130 Å². The summed E-state index contributed by atoms with van der Waals surface area (Å²) in [7, 11) is 0. The van der Waals surface area contributed by atoms with Gasteiger partial charge in [0.05, 0.1) is 33.1 Å². The van der Waals surface area contributed by atoms with Gasteiger partial charge < -0.3 is 10.4 Å². The molecule has 1 saturated heterocycles. The van der Waals surface area contributed by atoms with E-state index < -0.39 is 28.0 Å². The number of hydrogen-bond donors (Lipinski definition) is 2. The van der Waals surface area contributed by atoms with Crippen LogP contribution in [0.3, 0.4) is 0 Å². The number of benzene rings is 4. The number of carbonyl (C=O) groups is 4. The summed E-state index contributed by atoms with van der Waals surface area (Å²) in [5.41, 5.74) is 4.92. The molecule has 4 aromatic rings. The normalized spacial score (nSPS) is 23.8. The number of halogens is 1. The summed E-state index contributed by atoms with van der Waals surface area (Å²) in [5.74, 6) is -3.62. The maximum absolute atomic E-state index is 14.1. The van der Waals surface area contributed by atoms with E-state index in [4.69, 9.17) is 0 Å². The number of rotatable bonds is 4. The minimum absolute atomic E-state index is 0.0244. The quantitative estimate of drug-likeness (QED) is 0.239. The first-order valence-corrected chi connectivity index (χ1v) is 13.6. The summed E-state index contributed by atoms with van der Waals surface area (Å²) in [6, 6.07) is 28.3. The molecule has 1 fully saturated rings. The molecule has 196 valence electrons. The van der Waals surface area contributed by atoms with Gasteiger partial charge in [0.2, 0.25) is 11.8 Å². The van der Waals surface area contributed by atoms with Crippen LogP contribution in [-0.4, -0.2) is 28.8 Å². The van der Waals surface area contributed by atoms with Crippen molar-refractivity contribution in [1.29, 1.82) is 0 Å². The lowest BCUT2D eigenvalue weighted by molar-refractivity contribution is -0.122. The lowest BCUT2D eigenvalue weighted by Gasteiger charge is -2.51. The third kappa shape index (κ3) is 3.23. The van der Waals surface area contributed by atoms with E-state index in [0.29, 0.717) is 5.69 Å². The fraction of sp³-hybridized carbons (Fsp3) is 0.125. The number of anilines is 2. The number of aromatic carboxylic acids is 1. The molecule has 0 unspecified atom stereocenters. The van der Waals surface area contributed by atoms with E-state index in [-0.39, 0.29) is 34.5 Å². The number of imide groups is 1. The Kier molecular flexibility index (Phi) is 5.34. The van der Waals surface area contributed by atoms with Crippen molar-refractivity contribution in [3.63, 3.8) is 0 Å². The van der Waals surface area contributed by atoms with E-state index in [9.17, 15) is 24.3 Å². The molecule has 8 heteroatoms. The van der Waals surface area contributed by atoms with Gasteiger partial charge in [-0.25, -0.2) is 9.69 Å². The predicted molar refractivity (Wildman–Crippen MR) is 152 cm³/mol. The van der Waals surface area contributed by atoms with Crippen molar-refractivity contribution < 1.29 is 24.3 Å². The van der Waals surface area contributed by atoms with Gasteiger partial charge in [-0.2, -0.15) is 0 Å². The lowest BCUT2D eigenvalue weighted by atomic mass is 9.55. The average Bonchev–Trinajstić information content (AvgIpc) is 3.24. The van der Waals surface area contributed by atoms with Crippen LogP contribution in [-0.2, 0) is 13.9 Å². The third-order valence-electron chi connectivity index (χ3n) is 8.31. The van der Waals surface area contributed by atoms with E-state index in [1.165, 1.54) is 29.2 Å². The zero-order valence-electron chi connectivity index (χ0n) is 20.9. The molecule has 3 amide bonds. The molecule has 1 aliphatic heterocycles. The van der Waals surface area contributed by atoms with Crippen molar-refractivity contribution in [1.82, 2.24) is 0 Å². The van der Waals surface area contributed by atoms with Crippen molar-refractivity contribution in [2.45, 2.75) is 10.2 Å². The van der Waals surface area contributed by atoms with Crippen molar-refractivity contribution >= 4 is 51.0 Å². The largest absolute Gasteiger partial charge is 0.478 e. The fourth-order valence-corrected chi connectivity index (χ4v) is 7.87. The number of carboxylic acids is 1. The Balaban J connectivity index is 1.23. The van der Waals surface area contributed by atoms with Crippen molar-refractivity contribution in [2.24, 2.45) is 11.8 Å². The average molecular weight is 593 g/mol. The SMILES string of the molecule is O=C(Nc1ccccc1C(=O)O)c1ccc(N2C(=O)[C@H]3C4c5ccccc5C(Br)(c5ccccc54)[C@H]3C2=O)cc1. The second-order valence-electron chi connectivity index (χ2n) is 10.2. The summed E-state index contributed by atoms with van der Waals surface area (Å²) in [5, 5.41) is 12.0. The van der Waals surface area contributed by atoms with Crippen LogP contribution in [0.1, 0.15) is 48.9 Å². The molecule has 4 aromatic carbocycles. The molecule has 0 spiro atoms. The third-order valence-corrected chi connectivity index (χ3v) is 9.66. The Labute approximate surface area is 237 Å². The van der Waals surface area contributed by atoms with E-state index in [0.717, 1.165) is 22.3 Å². The molecule has 2 bridgehead atoms. The zero-order chi connectivity index (χ0) is 27.8. The number of carbonyl (C=O) groups excluding carboxylic acids is 3. The lowest BCUT2D eigenvalue weighted by Crippen LogP contribution is -2.50. The number of nitrogens with zero attached hydrogens (tertiary/aromatic N) is 1. The van der Waals surface area contributed by atoms with Crippen LogP contribution in [0.2, 0.25) is 0 Å². The Morgan fingerprint density at radius 3 is 1.98 bits per heavy atom. The Bertz CT molecular complexity index is 1720. The highest BCUT2D eigenvalue weighted by molar-refractivity contribution is 9.09. The molecule has 40 heavy (non-hydrogen) atoms. The first-order chi connectivity index (χ1) is 19.3. The topological polar surface area (TPSA) is 104 Å². The van der Waals surface area contributed by atoms with Gasteiger partial charge in [0.25, 0.3) is 5.91 Å². The molecular formula is C32H21BrN2O5. The van der Waals surface area contributed by atoms with Gasteiger partial charge >= 0.3 is 5.97 Å². The molecule has 8 rings (SSSR count). The van der Waals surface area contributed by atoms with Crippen LogP contribution in [0, 0.1) is 11.8 Å². The van der Waals surface area contributed by atoms with E-state index >= 15 is 0 Å². The highest BCUT2D eigenvalue weighted by Crippen LogP contribution is 2.66. The van der Waals surface area contributed by atoms with Gasteiger partial charge in [-0.1, -0.05) is 76.6 Å². The number of amides is 3. The maximum atomic E-state index is 14.1. The van der Waals surface area contributed by atoms with Gasteiger partial charge in [-0.05, 0) is 58.7 Å². The van der Waals surface area contributed by atoms with Crippen LogP contribution >= 0.6 is 15.9 Å². The predicted octanol–water partition coefficient (Wildman–Crippen LogP) is 5.54. The Morgan fingerprint density at radius 1 is 0.775 bits per heavy atom. The van der Waals surface area contributed by atoms with Gasteiger partial charge in [-0.15, -0.1) is 0 Å². The molecule has 0 saturated carbocycles. The minimum Gasteiger partial charge on any atom is -0.478 e. The van der Waals surface area contributed by atoms with E-state index in [2.05, 4.69) is 21.2 Å². The molecule has 2 atom stereocenters. The number of hydrogen-bond acceptors (Lipinski definition) is 4. The van der Waals surface area contributed by atoms with Gasteiger partial charge in [0, 0.05) is 11.5 Å². The van der Waals surface area contributed by atoms with Crippen LogP contribution < -0.4 is 10.2 Å². The second kappa shape index (κ2) is 8.72. The summed E-state index contributed by atoms with van der Waals surface area (Å²) in [4.78, 5) is 53.7. The molecule has 1 heterocycles. The minimum atomic E-state index is -1.15. The number of nitrogens with one attached hydrogen (secondary N) is 1. The highest BCUT2D eigenvalue weighted by atomic mass is 79.9. The molecule has 0 aromatic heterocycles. The van der Waals surface area contributed by atoms with Crippen molar-refractivity contribution in [2.75, 3.05) is 10.2 Å².